The molecule has 0 amide bonds. The molecule has 0 spiro atoms. The smallest absolute Gasteiger partial charge is 0.123 e. The van der Waals surface area contributed by atoms with Crippen molar-refractivity contribution in [2.45, 2.75) is 12.5 Å². The van der Waals surface area contributed by atoms with E-state index >= 15 is 0 Å². The zero-order valence-electron chi connectivity index (χ0n) is 9.17. The summed E-state index contributed by atoms with van der Waals surface area (Å²) in [6.45, 7) is 0. The maximum absolute atomic E-state index is 6.10. The molecular weight excluding hydrogens is 202 g/mol. The van der Waals surface area contributed by atoms with Crippen LogP contribution in [-0.4, -0.2) is 14.5 Å². The summed E-state index contributed by atoms with van der Waals surface area (Å²) in [5.41, 5.74) is 13.8. The van der Waals surface area contributed by atoms with Gasteiger partial charge < -0.3 is 16.0 Å². The first-order valence-electron chi connectivity index (χ1n) is 5.09. The van der Waals surface area contributed by atoms with Crippen molar-refractivity contribution in [1.29, 1.82) is 0 Å². The van der Waals surface area contributed by atoms with Crippen molar-refractivity contribution in [2.75, 3.05) is 5.73 Å². The molecule has 0 radical (unpaired) electrons. The Hall–Kier alpha value is -1.88. The van der Waals surface area contributed by atoms with Gasteiger partial charge in [0, 0.05) is 19.4 Å². The topological polar surface area (TPSA) is 82.8 Å². The van der Waals surface area contributed by atoms with E-state index in [4.69, 9.17) is 11.5 Å². The predicted molar refractivity (Wildman–Crippen MR) is 62.5 cm³/mol. The highest BCUT2D eigenvalue weighted by molar-refractivity contribution is 5.32. The van der Waals surface area contributed by atoms with Gasteiger partial charge in [0.15, 0.2) is 0 Å². The summed E-state index contributed by atoms with van der Waals surface area (Å²) in [6.07, 6.45) is 5.96. The number of anilines is 1. The third-order valence-electron chi connectivity index (χ3n) is 2.53. The maximum atomic E-state index is 6.10. The van der Waals surface area contributed by atoms with Gasteiger partial charge in [0.05, 0.1) is 18.1 Å². The van der Waals surface area contributed by atoms with Crippen LogP contribution in [0.3, 0.4) is 0 Å². The summed E-state index contributed by atoms with van der Waals surface area (Å²) in [6, 6.07) is 3.69. The molecule has 2 rings (SSSR count). The Balaban J connectivity index is 2.14. The van der Waals surface area contributed by atoms with Gasteiger partial charge in [0.2, 0.25) is 0 Å². The molecule has 4 N–H and O–H groups in total. The Kier molecular flexibility index (Phi) is 2.87. The Morgan fingerprint density at radius 2 is 2.31 bits per heavy atom. The summed E-state index contributed by atoms with van der Waals surface area (Å²) in [7, 11) is 1.93. The number of hydrogen-bond acceptors (Lipinski definition) is 4. The number of nitrogen functional groups attached to an aromatic ring is 1. The number of nitrogens with two attached hydrogens (primary N) is 2. The average molecular weight is 217 g/mol. The van der Waals surface area contributed by atoms with Crippen molar-refractivity contribution >= 4 is 5.82 Å². The second kappa shape index (κ2) is 4.32. The molecule has 1 atom stereocenters. The van der Waals surface area contributed by atoms with E-state index in [2.05, 4.69) is 9.97 Å². The molecule has 2 aromatic heterocycles. The van der Waals surface area contributed by atoms with Gasteiger partial charge in [-0.1, -0.05) is 0 Å². The van der Waals surface area contributed by atoms with Gasteiger partial charge in [-0.15, -0.1) is 0 Å². The number of imidazole rings is 1. The Morgan fingerprint density at radius 3 is 2.94 bits per heavy atom. The van der Waals surface area contributed by atoms with Crippen LogP contribution in [0.5, 0.6) is 0 Å². The quantitative estimate of drug-likeness (QED) is 0.790. The molecule has 0 bridgehead atoms. The van der Waals surface area contributed by atoms with Crippen LogP contribution in [0.15, 0.2) is 30.9 Å². The summed E-state index contributed by atoms with van der Waals surface area (Å²) in [5, 5.41) is 0. The van der Waals surface area contributed by atoms with E-state index in [-0.39, 0.29) is 6.04 Å². The van der Waals surface area contributed by atoms with Gasteiger partial charge in [-0.2, -0.15) is 0 Å². The highest BCUT2D eigenvalue weighted by Crippen LogP contribution is 2.15. The molecule has 0 aliphatic heterocycles. The monoisotopic (exact) mass is 217 g/mol. The summed E-state index contributed by atoms with van der Waals surface area (Å²) in [4.78, 5) is 7.99. The molecule has 0 saturated heterocycles. The van der Waals surface area contributed by atoms with Crippen LogP contribution in [0.2, 0.25) is 0 Å². The number of hydrogen-bond donors (Lipinski definition) is 2. The average Bonchev–Trinajstić information content (AvgIpc) is 2.64. The molecule has 0 saturated carbocycles. The number of pyridine rings is 1. The second-order valence-electron chi connectivity index (χ2n) is 3.83. The van der Waals surface area contributed by atoms with Crippen molar-refractivity contribution in [3.63, 3.8) is 0 Å². The van der Waals surface area contributed by atoms with Gasteiger partial charge in [0.1, 0.15) is 5.82 Å². The van der Waals surface area contributed by atoms with E-state index < -0.39 is 0 Å². The Bertz CT molecular complexity index is 477. The number of nitrogens with zero attached hydrogens (tertiary/aromatic N) is 3. The fourth-order valence-electron chi connectivity index (χ4n) is 1.70. The maximum Gasteiger partial charge on any atom is 0.123 e. The van der Waals surface area contributed by atoms with E-state index in [9.17, 15) is 0 Å². The molecule has 2 aromatic rings. The van der Waals surface area contributed by atoms with Gasteiger partial charge >= 0.3 is 0 Å². The number of aryl methyl sites for hydroxylation is 1. The van der Waals surface area contributed by atoms with Crippen LogP contribution in [0, 0.1) is 0 Å². The first-order chi connectivity index (χ1) is 7.66. The van der Waals surface area contributed by atoms with Crippen molar-refractivity contribution in [3.8, 4) is 0 Å². The molecule has 0 aliphatic carbocycles. The van der Waals surface area contributed by atoms with E-state index in [0.717, 1.165) is 17.7 Å². The van der Waals surface area contributed by atoms with Crippen LogP contribution in [0.4, 0.5) is 5.82 Å². The van der Waals surface area contributed by atoms with Crippen molar-refractivity contribution in [2.24, 2.45) is 12.8 Å². The van der Waals surface area contributed by atoms with Crippen molar-refractivity contribution in [1.82, 2.24) is 14.5 Å². The van der Waals surface area contributed by atoms with E-state index in [0.29, 0.717) is 5.82 Å². The number of rotatable bonds is 3. The van der Waals surface area contributed by atoms with Gasteiger partial charge in [-0.25, -0.2) is 9.97 Å². The Morgan fingerprint density at radius 1 is 1.50 bits per heavy atom. The van der Waals surface area contributed by atoms with Crippen LogP contribution in [0.1, 0.15) is 17.3 Å². The highest BCUT2D eigenvalue weighted by atomic mass is 15.0. The molecule has 16 heavy (non-hydrogen) atoms. The lowest BCUT2D eigenvalue weighted by Crippen LogP contribution is -2.16. The fraction of sp³-hybridized carbons (Fsp3) is 0.273. The second-order valence-corrected chi connectivity index (χ2v) is 3.83. The van der Waals surface area contributed by atoms with E-state index in [1.807, 2.05) is 23.7 Å². The zero-order valence-corrected chi connectivity index (χ0v) is 9.17. The van der Waals surface area contributed by atoms with Crippen molar-refractivity contribution < 1.29 is 0 Å². The predicted octanol–water partition coefficient (Wildman–Crippen LogP) is 0.640. The molecular formula is C11H15N5. The largest absolute Gasteiger partial charge is 0.384 e. The first-order valence-corrected chi connectivity index (χ1v) is 5.09. The van der Waals surface area contributed by atoms with Crippen LogP contribution >= 0.6 is 0 Å². The molecule has 0 aliphatic rings. The summed E-state index contributed by atoms with van der Waals surface area (Å²) >= 11 is 0. The zero-order chi connectivity index (χ0) is 11.5. The fourth-order valence-corrected chi connectivity index (χ4v) is 1.70. The minimum absolute atomic E-state index is 0.0747. The normalized spacial score (nSPS) is 12.6. The molecule has 5 heteroatoms. The first kappa shape index (κ1) is 10.6. The molecule has 0 aromatic carbocycles. The molecule has 5 nitrogen and oxygen atoms in total. The third kappa shape index (κ3) is 2.20. The minimum atomic E-state index is -0.0747. The molecule has 1 unspecified atom stereocenters. The van der Waals surface area contributed by atoms with Crippen LogP contribution in [-0.2, 0) is 13.5 Å². The highest BCUT2D eigenvalue weighted by Gasteiger charge is 2.10. The standard InChI is InChI=1S/C11H15N5/c1-16-7-14-6-10(16)9(12)4-8-2-3-15-11(13)5-8/h2-3,5-7,9H,4,12H2,1H3,(H2,13,15). The van der Waals surface area contributed by atoms with E-state index in [1.165, 1.54) is 0 Å². The summed E-state index contributed by atoms with van der Waals surface area (Å²) < 4.78 is 1.93. The lowest BCUT2D eigenvalue weighted by molar-refractivity contribution is 0.655. The van der Waals surface area contributed by atoms with Gasteiger partial charge in [-0.05, 0) is 24.1 Å². The van der Waals surface area contributed by atoms with Gasteiger partial charge in [-0.3, -0.25) is 0 Å². The lowest BCUT2D eigenvalue weighted by atomic mass is 10.1. The molecule has 0 fully saturated rings. The SMILES string of the molecule is Cn1cncc1C(N)Cc1ccnc(N)c1. The third-order valence-corrected chi connectivity index (χ3v) is 2.53. The van der Waals surface area contributed by atoms with Gasteiger partial charge in [0.25, 0.3) is 0 Å². The van der Waals surface area contributed by atoms with Crippen molar-refractivity contribution in [3.05, 3.63) is 42.1 Å². The minimum Gasteiger partial charge on any atom is -0.384 e. The molecule has 84 valence electrons. The van der Waals surface area contributed by atoms with E-state index in [1.54, 1.807) is 18.7 Å². The number of aromatic nitrogens is 3. The van der Waals surface area contributed by atoms with Crippen LogP contribution in [0.25, 0.3) is 0 Å². The molecule has 2 heterocycles. The lowest BCUT2D eigenvalue weighted by Gasteiger charge is -2.12. The summed E-state index contributed by atoms with van der Waals surface area (Å²) in [5.74, 6) is 0.523. The Labute approximate surface area is 94.1 Å². The van der Waals surface area contributed by atoms with Crippen LogP contribution < -0.4 is 11.5 Å².